The van der Waals surface area contributed by atoms with Crippen molar-refractivity contribution in [3.05, 3.63) is 48.4 Å². The highest BCUT2D eigenvalue weighted by Gasteiger charge is 2.29. The number of carbonyl (C=O) groups excluding carboxylic acids is 1. The summed E-state index contributed by atoms with van der Waals surface area (Å²) in [6.45, 7) is 1.21. The lowest BCUT2D eigenvalue weighted by Crippen LogP contribution is -2.31. The van der Waals surface area contributed by atoms with E-state index in [2.05, 4.69) is 15.2 Å². The Balaban J connectivity index is 1.61. The van der Waals surface area contributed by atoms with E-state index in [9.17, 15) is 4.79 Å². The summed E-state index contributed by atoms with van der Waals surface area (Å²) in [5, 5.41) is 7.65. The topological polar surface area (TPSA) is 68.2 Å². The van der Waals surface area contributed by atoms with Gasteiger partial charge in [0.15, 0.2) is 0 Å². The van der Waals surface area contributed by atoms with Crippen LogP contribution in [0.5, 0.6) is 5.88 Å². The van der Waals surface area contributed by atoms with E-state index in [0.29, 0.717) is 24.7 Å². The maximum absolute atomic E-state index is 12.2. The van der Waals surface area contributed by atoms with Gasteiger partial charge in [-0.05, 0) is 18.2 Å². The zero-order chi connectivity index (χ0) is 13.8. The minimum Gasteiger partial charge on any atom is -0.471 e. The molecule has 102 valence electrons. The van der Waals surface area contributed by atoms with Gasteiger partial charge in [0.05, 0.1) is 6.54 Å². The van der Waals surface area contributed by atoms with Crippen molar-refractivity contribution in [3.8, 4) is 5.88 Å². The Labute approximate surface area is 116 Å². The predicted molar refractivity (Wildman–Crippen MR) is 71.2 cm³/mol. The fraction of sp³-hybridized carbons (Fsp3) is 0.286. The summed E-state index contributed by atoms with van der Waals surface area (Å²) in [5.41, 5.74) is 0.465. The molecule has 6 heteroatoms. The number of ether oxygens (including phenoxy) is 1. The van der Waals surface area contributed by atoms with Gasteiger partial charge in [-0.15, -0.1) is 5.10 Å². The molecule has 1 aliphatic rings. The molecule has 6 nitrogen and oxygen atoms in total. The van der Waals surface area contributed by atoms with Crippen LogP contribution in [-0.4, -0.2) is 45.2 Å². The largest absolute Gasteiger partial charge is 0.471 e. The molecule has 1 unspecified atom stereocenters. The maximum Gasteiger partial charge on any atom is 0.272 e. The SMILES string of the molecule is O=C(c1ccccn1)N1CCC(Oc2cccnn2)C1. The molecule has 3 heterocycles. The number of amides is 1. The van der Waals surface area contributed by atoms with E-state index in [1.54, 1.807) is 41.6 Å². The fourth-order valence-electron chi connectivity index (χ4n) is 2.18. The van der Waals surface area contributed by atoms with Gasteiger partial charge < -0.3 is 9.64 Å². The Morgan fingerprint density at radius 1 is 1.25 bits per heavy atom. The lowest BCUT2D eigenvalue weighted by atomic mass is 10.3. The highest BCUT2D eigenvalue weighted by atomic mass is 16.5. The van der Waals surface area contributed by atoms with E-state index in [-0.39, 0.29) is 12.0 Å². The molecule has 0 saturated carbocycles. The summed E-state index contributed by atoms with van der Waals surface area (Å²) in [4.78, 5) is 18.1. The summed E-state index contributed by atoms with van der Waals surface area (Å²) in [6, 6.07) is 8.86. The van der Waals surface area contributed by atoms with Gasteiger partial charge in [-0.25, -0.2) is 0 Å². The normalized spacial score (nSPS) is 18.0. The zero-order valence-corrected chi connectivity index (χ0v) is 10.8. The summed E-state index contributed by atoms with van der Waals surface area (Å²) in [7, 11) is 0. The van der Waals surface area contributed by atoms with Gasteiger partial charge in [0.2, 0.25) is 5.88 Å². The molecule has 2 aromatic heterocycles. The van der Waals surface area contributed by atoms with Gasteiger partial charge in [0, 0.05) is 31.4 Å². The van der Waals surface area contributed by atoms with Gasteiger partial charge in [-0.2, -0.15) is 5.10 Å². The predicted octanol–water partition coefficient (Wildman–Crippen LogP) is 1.17. The first kappa shape index (κ1) is 12.5. The van der Waals surface area contributed by atoms with Crippen molar-refractivity contribution in [1.29, 1.82) is 0 Å². The first-order valence-corrected chi connectivity index (χ1v) is 6.47. The number of nitrogens with zero attached hydrogens (tertiary/aromatic N) is 4. The number of pyridine rings is 1. The fourth-order valence-corrected chi connectivity index (χ4v) is 2.18. The lowest BCUT2D eigenvalue weighted by molar-refractivity contribution is 0.0765. The van der Waals surface area contributed by atoms with Crippen LogP contribution in [0.2, 0.25) is 0 Å². The highest BCUT2D eigenvalue weighted by Crippen LogP contribution is 2.17. The second kappa shape index (κ2) is 5.64. The van der Waals surface area contributed by atoms with Crippen molar-refractivity contribution in [2.24, 2.45) is 0 Å². The first-order valence-electron chi connectivity index (χ1n) is 6.47. The van der Waals surface area contributed by atoms with Gasteiger partial charge >= 0.3 is 0 Å². The van der Waals surface area contributed by atoms with E-state index in [1.165, 1.54) is 0 Å². The van der Waals surface area contributed by atoms with E-state index >= 15 is 0 Å². The molecule has 20 heavy (non-hydrogen) atoms. The zero-order valence-electron chi connectivity index (χ0n) is 10.8. The summed E-state index contributed by atoms with van der Waals surface area (Å²) in [6.07, 6.45) is 3.96. The molecule has 0 spiro atoms. The Bertz CT molecular complexity index is 576. The molecule has 1 saturated heterocycles. The van der Waals surface area contributed by atoms with Crippen molar-refractivity contribution >= 4 is 5.91 Å². The quantitative estimate of drug-likeness (QED) is 0.837. The molecule has 0 aromatic carbocycles. The standard InChI is InChI=1S/C14H14N4O2/c19-14(12-4-1-2-7-15-12)18-9-6-11(10-18)20-13-5-3-8-16-17-13/h1-5,7-8,11H,6,9-10H2. The number of hydrogen-bond acceptors (Lipinski definition) is 5. The van der Waals surface area contributed by atoms with Crippen LogP contribution in [0.3, 0.4) is 0 Å². The summed E-state index contributed by atoms with van der Waals surface area (Å²) < 4.78 is 5.70. The molecule has 2 aromatic rings. The average molecular weight is 270 g/mol. The number of rotatable bonds is 3. The van der Waals surface area contributed by atoms with Crippen molar-refractivity contribution in [1.82, 2.24) is 20.1 Å². The third-order valence-electron chi connectivity index (χ3n) is 3.15. The Hall–Kier alpha value is -2.50. The maximum atomic E-state index is 12.2. The third kappa shape index (κ3) is 2.74. The summed E-state index contributed by atoms with van der Waals surface area (Å²) >= 11 is 0. The van der Waals surface area contributed by atoms with Crippen LogP contribution in [0, 0.1) is 0 Å². The Morgan fingerprint density at radius 2 is 2.20 bits per heavy atom. The Kier molecular flexibility index (Phi) is 3.54. The van der Waals surface area contributed by atoms with Gasteiger partial charge in [-0.3, -0.25) is 9.78 Å². The monoisotopic (exact) mass is 270 g/mol. The van der Waals surface area contributed by atoms with Crippen LogP contribution < -0.4 is 4.74 Å². The van der Waals surface area contributed by atoms with E-state index in [0.717, 1.165) is 6.42 Å². The molecular weight excluding hydrogens is 256 g/mol. The van der Waals surface area contributed by atoms with Crippen LogP contribution in [0.4, 0.5) is 0 Å². The van der Waals surface area contributed by atoms with Crippen LogP contribution >= 0.6 is 0 Å². The van der Waals surface area contributed by atoms with Crippen molar-refractivity contribution < 1.29 is 9.53 Å². The van der Waals surface area contributed by atoms with E-state index in [1.807, 2.05) is 6.07 Å². The van der Waals surface area contributed by atoms with Gasteiger partial charge in [0.25, 0.3) is 5.91 Å². The number of hydrogen-bond donors (Lipinski definition) is 0. The number of likely N-dealkylation sites (tertiary alicyclic amines) is 1. The van der Waals surface area contributed by atoms with Gasteiger partial charge in [0.1, 0.15) is 11.8 Å². The minimum absolute atomic E-state index is 0.0423. The highest BCUT2D eigenvalue weighted by molar-refractivity contribution is 5.92. The number of aromatic nitrogens is 3. The van der Waals surface area contributed by atoms with Crippen LogP contribution in [-0.2, 0) is 0 Å². The van der Waals surface area contributed by atoms with Crippen molar-refractivity contribution in [2.45, 2.75) is 12.5 Å². The summed E-state index contributed by atoms with van der Waals surface area (Å²) in [5.74, 6) is 0.431. The molecule has 0 radical (unpaired) electrons. The molecule has 0 bridgehead atoms. The third-order valence-corrected chi connectivity index (χ3v) is 3.15. The smallest absolute Gasteiger partial charge is 0.272 e. The molecule has 1 amide bonds. The second-order valence-electron chi connectivity index (χ2n) is 4.56. The van der Waals surface area contributed by atoms with E-state index in [4.69, 9.17) is 4.74 Å². The Morgan fingerprint density at radius 3 is 2.95 bits per heavy atom. The lowest BCUT2D eigenvalue weighted by Gasteiger charge is -2.16. The molecular formula is C14H14N4O2. The van der Waals surface area contributed by atoms with Crippen LogP contribution in [0.25, 0.3) is 0 Å². The molecule has 0 aliphatic carbocycles. The molecule has 1 aliphatic heterocycles. The molecule has 1 atom stereocenters. The van der Waals surface area contributed by atoms with Crippen molar-refractivity contribution in [3.63, 3.8) is 0 Å². The molecule has 0 N–H and O–H groups in total. The van der Waals surface area contributed by atoms with Crippen molar-refractivity contribution in [2.75, 3.05) is 13.1 Å². The van der Waals surface area contributed by atoms with E-state index < -0.39 is 0 Å². The average Bonchev–Trinajstić information content (AvgIpc) is 2.97. The minimum atomic E-state index is -0.0594. The molecule has 3 rings (SSSR count). The van der Waals surface area contributed by atoms with Crippen LogP contribution in [0.15, 0.2) is 42.7 Å². The number of carbonyl (C=O) groups is 1. The first-order chi connectivity index (χ1) is 9.83. The molecule has 1 fully saturated rings. The van der Waals surface area contributed by atoms with Gasteiger partial charge in [-0.1, -0.05) is 6.07 Å². The second-order valence-corrected chi connectivity index (χ2v) is 4.56. The van der Waals surface area contributed by atoms with Crippen LogP contribution in [0.1, 0.15) is 16.9 Å².